The number of nitrogens with one attached hydrogen (secondary N) is 1. The van der Waals surface area contributed by atoms with Crippen LogP contribution in [0.5, 0.6) is 0 Å². The van der Waals surface area contributed by atoms with Gasteiger partial charge in [0.05, 0.1) is 0 Å². The minimum absolute atomic E-state index is 0.280. The maximum absolute atomic E-state index is 3.71. The first-order valence-electron chi connectivity index (χ1n) is 7.84. The fraction of sp³-hybridized carbons (Fsp3) is 1.00. The molecule has 1 heterocycles. The third-order valence-corrected chi connectivity index (χ3v) is 4.38. The Morgan fingerprint density at radius 1 is 1.28 bits per heavy atom. The summed E-state index contributed by atoms with van der Waals surface area (Å²) in [6.45, 7) is 17.7. The van der Waals surface area contributed by atoms with Crippen molar-refractivity contribution in [3.63, 3.8) is 0 Å². The van der Waals surface area contributed by atoms with Crippen LogP contribution in [0.25, 0.3) is 0 Å². The van der Waals surface area contributed by atoms with Crippen molar-refractivity contribution in [2.45, 2.75) is 72.4 Å². The van der Waals surface area contributed by atoms with Crippen LogP contribution >= 0.6 is 0 Å². The van der Waals surface area contributed by atoms with Gasteiger partial charge in [0, 0.05) is 24.7 Å². The summed E-state index contributed by atoms with van der Waals surface area (Å²) in [5.74, 6) is 1.63. The second-order valence-electron chi connectivity index (χ2n) is 7.22. The SMILES string of the molecule is CCC(C)C1CNC(C)(C)CN1CCCC(C)C. The molecule has 1 aliphatic heterocycles. The smallest absolute Gasteiger partial charge is 0.0252 e. The molecule has 0 aliphatic carbocycles. The van der Waals surface area contributed by atoms with E-state index in [1.54, 1.807) is 0 Å². The normalized spacial score (nSPS) is 26.5. The molecule has 1 N–H and O–H groups in total. The maximum atomic E-state index is 3.71. The predicted octanol–water partition coefficient (Wildman–Crippen LogP) is 3.52. The maximum Gasteiger partial charge on any atom is 0.0252 e. The molecule has 2 atom stereocenters. The number of rotatable bonds is 6. The summed E-state index contributed by atoms with van der Waals surface area (Å²) in [5.41, 5.74) is 0.280. The first-order valence-corrected chi connectivity index (χ1v) is 7.84. The summed E-state index contributed by atoms with van der Waals surface area (Å²) >= 11 is 0. The van der Waals surface area contributed by atoms with Gasteiger partial charge in [0.1, 0.15) is 0 Å². The van der Waals surface area contributed by atoms with Gasteiger partial charge in [0.25, 0.3) is 0 Å². The van der Waals surface area contributed by atoms with E-state index in [4.69, 9.17) is 0 Å². The Kier molecular flexibility index (Phi) is 6.13. The second kappa shape index (κ2) is 6.91. The third-order valence-electron chi connectivity index (χ3n) is 4.38. The average molecular weight is 254 g/mol. The molecule has 0 spiro atoms. The van der Waals surface area contributed by atoms with Crippen LogP contribution in [0.1, 0.15) is 60.8 Å². The Balaban J connectivity index is 2.54. The molecule has 1 aliphatic rings. The Hall–Kier alpha value is -0.0800. The lowest BCUT2D eigenvalue weighted by molar-refractivity contribution is 0.0615. The van der Waals surface area contributed by atoms with Gasteiger partial charge < -0.3 is 5.32 Å². The fourth-order valence-corrected chi connectivity index (χ4v) is 2.97. The van der Waals surface area contributed by atoms with Crippen molar-refractivity contribution in [1.82, 2.24) is 10.2 Å². The molecular formula is C16H34N2. The number of hydrogen-bond acceptors (Lipinski definition) is 2. The molecule has 0 bridgehead atoms. The van der Waals surface area contributed by atoms with E-state index in [0.717, 1.165) is 24.4 Å². The molecule has 1 fully saturated rings. The number of nitrogens with zero attached hydrogens (tertiary/aromatic N) is 1. The van der Waals surface area contributed by atoms with Gasteiger partial charge in [0.15, 0.2) is 0 Å². The van der Waals surface area contributed by atoms with Crippen LogP contribution in [-0.2, 0) is 0 Å². The average Bonchev–Trinajstić information content (AvgIpc) is 2.27. The summed E-state index contributed by atoms with van der Waals surface area (Å²) in [6.07, 6.45) is 3.99. The van der Waals surface area contributed by atoms with Crippen LogP contribution in [-0.4, -0.2) is 36.1 Å². The van der Waals surface area contributed by atoms with E-state index in [1.165, 1.54) is 32.4 Å². The number of hydrogen-bond donors (Lipinski definition) is 1. The predicted molar refractivity (Wildman–Crippen MR) is 81.0 cm³/mol. The lowest BCUT2D eigenvalue weighted by Gasteiger charge is -2.47. The zero-order chi connectivity index (χ0) is 13.8. The first kappa shape index (κ1) is 16.0. The molecule has 2 heteroatoms. The fourth-order valence-electron chi connectivity index (χ4n) is 2.97. The van der Waals surface area contributed by atoms with Gasteiger partial charge in [-0.1, -0.05) is 34.1 Å². The highest BCUT2D eigenvalue weighted by Gasteiger charge is 2.34. The van der Waals surface area contributed by atoms with Crippen LogP contribution in [0, 0.1) is 11.8 Å². The first-order chi connectivity index (χ1) is 8.35. The molecule has 1 saturated heterocycles. The summed E-state index contributed by atoms with van der Waals surface area (Å²) in [4.78, 5) is 2.74. The van der Waals surface area contributed by atoms with Crippen molar-refractivity contribution in [1.29, 1.82) is 0 Å². The molecular weight excluding hydrogens is 220 g/mol. The molecule has 0 aromatic carbocycles. The van der Waals surface area contributed by atoms with Crippen molar-refractivity contribution in [3.05, 3.63) is 0 Å². The topological polar surface area (TPSA) is 15.3 Å². The summed E-state index contributed by atoms with van der Waals surface area (Å²) in [5, 5.41) is 3.71. The Morgan fingerprint density at radius 2 is 1.94 bits per heavy atom. The van der Waals surface area contributed by atoms with E-state index in [2.05, 4.69) is 51.8 Å². The minimum atomic E-state index is 0.280. The Morgan fingerprint density at radius 3 is 2.50 bits per heavy atom. The van der Waals surface area contributed by atoms with Crippen molar-refractivity contribution < 1.29 is 0 Å². The van der Waals surface area contributed by atoms with Crippen LogP contribution in [0.3, 0.4) is 0 Å². The Labute approximate surface area is 115 Å². The molecule has 0 radical (unpaired) electrons. The standard InChI is InChI=1S/C16H34N2/c1-7-14(4)15-11-17-16(5,6)12-18(15)10-8-9-13(2)3/h13-15,17H,7-12H2,1-6H3. The summed E-state index contributed by atoms with van der Waals surface area (Å²) < 4.78 is 0. The van der Waals surface area contributed by atoms with Gasteiger partial charge in [0.2, 0.25) is 0 Å². The minimum Gasteiger partial charge on any atom is -0.309 e. The highest BCUT2D eigenvalue weighted by Crippen LogP contribution is 2.23. The second-order valence-corrected chi connectivity index (χ2v) is 7.22. The molecule has 18 heavy (non-hydrogen) atoms. The van der Waals surface area contributed by atoms with Gasteiger partial charge in [-0.15, -0.1) is 0 Å². The van der Waals surface area contributed by atoms with Crippen LogP contribution in [0.2, 0.25) is 0 Å². The summed E-state index contributed by atoms with van der Waals surface area (Å²) in [6, 6.07) is 0.732. The zero-order valence-corrected chi connectivity index (χ0v) is 13.4. The van der Waals surface area contributed by atoms with Gasteiger partial charge in [-0.3, -0.25) is 4.90 Å². The van der Waals surface area contributed by atoms with E-state index in [1.807, 2.05) is 0 Å². The van der Waals surface area contributed by atoms with E-state index in [0.29, 0.717) is 0 Å². The van der Waals surface area contributed by atoms with Crippen LogP contribution in [0.4, 0.5) is 0 Å². The van der Waals surface area contributed by atoms with E-state index in [9.17, 15) is 0 Å². The van der Waals surface area contributed by atoms with Gasteiger partial charge >= 0.3 is 0 Å². The number of piperazine rings is 1. The molecule has 108 valence electrons. The molecule has 2 nitrogen and oxygen atoms in total. The molecule has 1 rings (SSSR count). The monoisotopic (exact) mass is 254 g/mol. The molecule has 0 amide bonds. The van der Waals surface area contributed by atoms with Crippen molar-refractivity contribution in [3.8, 4) is 0 Å². The lowest BCUT2D eigenvalue weighted by Crippen LogP contribution is -2.63. The molecule has 0 saturated carbocycles. The summed E-state index contributed by atoms with van der Waals surface area (Å²) in [7, 11) is 0. The van der Waals surface area contributed by atoms with Crippen molar-refractivity contribution in [2.75, 3.05) is 19.6 Å². The lowest BCUT2D eigenvalue weighted by atomic mass is 9.90. The zero-order valence-electron chi connectivity index (χ0n) is 13.4. The van der Waals surface area contributed by atoms with E-state index in [-0.39, 0.29) is 5.54 Å². The van der Waals surface area contributed by atoms with Crippen molar-refractivity contribution in [2.24, 2.45) is 11.8 Å². The van der Waals surface area contributed by atoms with Crippen LogP contribution < -0.4 is 5.32 Å². The van der Waals surface area contributed by atoms with E-state index < -0.39 is 0 Å². The van der Waals surface area contributed by atoms with Gasteiger partial charge in [-0.2, -0.15) is 0 Å². The molecule has 0 aromatic heterocycles. The highest BCUT2D eigenvalue weighted by atomic mass is 15.2. The van der Waals surface area contributed by atoms with Crippen LogP contribution in [0.15, 0.2) is 0 Å². The van der Waals surface area contributed by atoms with Gasteiger partial charge in [-0.25, -0.2) is 0 Å². The van der Waals surface area contributed by atoms with Crippen molar-refractivity contribution >= 4 is 0 Å². The highest BCUT2D eigenvalue weighted by molar-refractivity contribution is 4.93. The Bertz CT molecular complexity index is 235. The third kappa shape index (κ3) is 4.89. The molecule has 0 aromatic rings. The van der Waals surface area contributed by atoms with E-state index >= 15 is 0 Å². The largest absolute Gasteiger partial charge is 0.309 e. The quantitative estimate of drug-likeness (QED) is 0.780. The molecule has 2 unspecified atom stereocenters. The van der Waals surface area contributed by atoms with Gasteiger partial charge in [-0.05, 0) is 45.1 Å².